The highest BCUT2D eigenvalue weighted by molar-refractivity contribution is 5.37. The largest absolute Gasteiger partial charge is 0.393 e. The second-order valence-electron chi connectivity index (χ2n) is 3.69. The molecule has 1 aromatic rings. The third-order valence-electron chi connectivity index (χ3n) is 2.38. The van der Waals surface area contributed by atoms with Crippen LogP contribution in [0.1, 0.15) is 18.4 Å². The zero-order valence-corrected chi connectivity index (χ0v) is 7.70. The second kappa shape index (κ2) is 3.34. The van der Waals surface area contributed by atoms with Crippen molar-refractivity contribution in [1.82, 2.24) is 4.98 Å². The fourth-order valence-electron chi connectivity index (χ4n) is 1.47. The number of hydrogen-bond acceptors (Lipinski definition) is 3. The van der Waals surface area contributed by atoms with Crippen LogP contribution in [0.5, 0.6) is 0 Å². The van der Waals surface area contributed by atoms with Crippen LogP contribution in [-0.2, 0) is 0 Å². The number of nitrogens with one attached hydrogen (secondary N) is 1. The van der Waals surface area contributed by atoms with E-state index in [1.807, 2.05) is 25.3 Å². The lowest BCUT2D eigenvalue weighted by Crippen LogP contribution is -2.39. The highest BCUT2D eigenvalue weighted by atomic mass is 16.3. The van der Waals surface area contributed by atoms with E-state index >= 15 is 0 Å². The summed E-state index contributed by atoms with van der Waals surface area (Å²) >= 11 is 0. The minimum Gasteiger partial charge on any atom is -0.393 e. The Morgan fingerprint density at radius 1 is 1.46 bits per heavy atom. The SMILES string of the molecule is Cc1ccc(N[C@H]2C[C@@H](O)C2)nc1. The normalized spacial score (nSPS) is 26.6. The van der Waals surface area contributed by atoms with Crippen LogP contribution < -0.4 is 5.32 Å². The van der Waals surface area contributed by atoms with Gasteiger partial charge in [0.15, 0.2) is 0 Å². The Morgan fingerprint density at radius 3 is 2.77 bits per heavy atom. The monoisotopic (exact) mass is 178 g/mol. The van der Waals surface area contributed by atoms with Crippen molar-refractivity contribution in [1.29, 1.82) is 0 Å². The van der Waals surface area contributed by atoms with Crippen molar-refractivity contribution in [3.63, 3.8) is 0 Å². The maximum Gasteiger partial charge on any atom is 0.126 e. The zero-order chi connectivity index (χ0) is 9.26. The van der Waals surface area contributed by atoms with E-state index in [1.165, 1.54) is 5.56 Å². The fourth-order valence-corrected chi connectivity index (χ4v) is 1.47. The molecule has 13 heavy (non-hydrogen) atoms. The van der Waals surface area contributed by atoms with Crippen LogP contribution in [0.4, 0.5) is 5.82 Å². The average molecular weight is 178 g/mol. The molecule has 2 N–H and O–H groups in total. The number of pyridine rings is 1. The van der Waals surface area contributed by atoms with E-state index in [1.54, 1.807) is 0 Å². The lowest BCUT2D eigenvalue weighted by Gasteiger charge is -2.32. The molecule has 1 aromatic heterocycles. The summed E-state index contributed by atoms with van der Waals surface area (Å²) in [6, 6.07) is 4.41. The Labute approximate surface area is 77.8 Å². The molecule has 1 fully saturated rings. The maximum absolute atomic E-state index is 9.08. The van der Waals surface area contributed by atoms with Gasteiger partial charge in [-0.1, -0.05) is 6.07 Å². The maximum atomic E-state index is 9.08. The lowest BCUT2D eigenvalue weighted by molar-refractivity contribution is 0.0835. The quantitative estimate of drug-likeness (QED) is 0.718. The predicted molar refractivity (Wildman–Crippen MR) is 51.6 cm³/mol. The molecular weight excluding hydrogens is 164 g/mol. The van der Waals surface area contributed by atoms with Crippen molar-refractivity contribution in [3.05, 3.63) is 23.9 Å². The van der Waals surface area contributed by atoms with E-state index in [4.69, 9.17) is 5.11 Å². The molecule has 1 saturated carbocycles. The highest BCUT2D eigenvalue weighted by Gasteiger charge is 2.26. The molecule has 0 radical (unpaired) electrons. The third kappa shape index (κ3) is 1.98. The molecular formula is C10H14N2O. The van der Waals surface area contributed by atoms with Crippen molar-refractivity contribution in [3.8, 4) is 0 Å². The Morgan fingerprint density at radius 2 is 2.23 bits per heavy atom. The van der Waals surface area contributed by atoms with Gasteiger partial charge in [0.05, 0.1) is 6.10 Å². The van der Waals surface area contributed by atoms with Crippen LogP contribution >= 0.6 is 0 Å². The van der Waals surface area contributed by atoms with Gasteiger partial charge in [-0.15, -0.1) is 0 Å². The molecule has 0 unspecified atom stereocenters. The highest BCUT2D eigenvalue weighted by Crippen LogP contribution is 2.22. The summed E-state index contributed by atoms with van der Waals surface area (Å²) in [5.74, 6) is 0.905. The predicted octanol–water partition coefficient (Wildman–Crippen LogP) is 1.33. The van der Waals surface area contributed by atoms with Gasteiger partial charge in [0.2, 0.25) is 0 Å². The molecule has 1 aliphatic carbocycles. The average Bonchev–Trinajstić information content (AvgIpc) is 2.06. The van der Waals surface area contributed by atoms with Gasteiger partial charge in [-0.05, 0) is 31.4 Å². The number of aliphatic hydroxyl groups excluding tert-OH is 1. The molecule has 3 heteroatoms. The van der Waals surface area contributed by atoms with Gasteiger partial charge in [0, 0.05) is 12.2 Å². The number of anilines is 1. The third-order valence-corrected chi connectivity index (χ3v) is 2.38. The van der Waals surface area contributed by atoms with Crippen molar-refractivity contribution in [2.24, 2.45) is 0 Å². The molecule has 1 heterocycles. The Balaban J connectivity index is 1.91. The van der Waals surface area contributed by atoms with Gasteiger partial charge in [0.25, 0.3) is 0 Å². The van der Waals surface area contributed by atoms with Gasteiger partial charge in [0.1, 0.15) is 5.82 Å². The molecule has 1 aliphatic rings. The molecule has 70 valence electrons. The molecule has 0 spiro atoms. The number of hydrogen-bond donors (Lipinski definition) is 2. The van der Waals surface area contributed by atoms with Gasteiger partial charge >= 0.3 is 0 Å². The first-order chi connectivity index (χ1) is 6.24. The molecule has 0 bridgehead atoms. The number of rotatable bonds is 2. The van der Waals surface area contributed by atoms with Crippen LogP contribution in [0.2, 0.25) is 0 Å². The summed E-state index contributed by atoms with van der Waals surface area (Å²) in [7, 11) is 0. The summed E-state index contributed by atoms with van der Waals surface area (Å²) in [5.41, 5.74) is 1.17. The molecule has 0 aromatic carbocycles. The second-order valence-corrected chi connectivity index (χ2v) is 3.69. The van der Waals surface area contributed by atoms with Crippen LogP contribution in [0.25, 0.3) is 0 Å². The lowest BCUT2D eigenvalue weighted by atomic mass is 9.89. The number of aryl methyl sites for hydroxylation is 1. The first-order valence-electron chi connectivity index (χ1n) is 4.61. The van der Waals surface area contributed by atoms with E-state index in [9.17, 15) is 0 Å². The smallest absolute Gasteiger partial charge is 0.126 e. The standard InChI is InChI=1S/C10H14N2O/c1-7-2-3-10(11-6-7)12-8-4-9(13)5-8/h2-3,6,8-9,13H,4-5H2,1H3,(H,11,12)/t8-,9+. The van der Waals surface area contributed by atoms with Crippen LogP contribution in [0, 0.1) is 6.92 Å². The summed E-state index contributed by atoms with van der Waals surface area (Å²) in [4.78, 5) is 4.23. The van der Waals surface area contributed by atoms with Crippen LogP contribution in [0.3, 0.4) is 0 Å². The topological polar surface area (TPSA) is 45.1 Å². The Bertz CT molecular complexity index is 277. The first-order valence-corrected chi connectivity index (χ1v) is 4.61. The van der Waals surface area contributed by atoms with E-state index < -0.39 is 0 Å². The van der Waals surface area contributed by atoms with E-state index in [-0.39, 0.29) is 6.10 Å². The minimum absolute atomic E-state index is 0.108. The van der Waals surface area contributed by atoms with Crippen molar-refractivity contribution in [2.75, 3.05) is 5.32 Å². The fraction of sp³-hybridized carbons (Fsp3) is 0.500. The summed E-state index contributed by atoms with van der Waals surface area (Å²) in [5, 5.41) is 12.3. The van der Waals surface area contributed by atoms with Crippen LogP contribution in [-0.4, -0.2) is 22.2 Å². The molecule has 0 saturated heterocycles. The molecule has 0 aliphatic heterocycles. The van der Waals surface area contributed by atoms with Crippen molar-refractivity contribution in [2.45, 2.75) is 31.9 Å². The van der Waals surface area contributed by atoms with Crippen molar-refractivity contribution < 1.29 is 5.11 Å². The number of aromatic nitrogens is 1. The summed E-state index contributed by atoms with van der Waals surface area (Å²) in [6.45, 7) is 2.02. The minimum atomic E-state index is -0.108. The molecule has 0 amide bonds. The summed E-state index contributed by atoms with van der Waals surface area (Å²) in [6.07, 6.45) is 3.42. The molecule has 0 atom stereocenters. The van der Waals surface area contributed by atoms with Crippen molar-refractivity contribution >= 4 is 5.82 Å². The molecule has 3 nitrogen and oxygen atoms in total. The number of aliphatic hydroxyl groups is 1. The number of nitrogens with zero attached hydrogens (tertiary/aromatic N) is 1. The Kier molecular flexibility index (Phi) is 2.19. The van der Waals surface area contributed by atoms with Gasteiger partial charge in [-0.25, -0.2) is 4.98 Å². The zero-order valence-electron chi connectivity index (χ0n) is 7.70. The van der Waals surface area contributed by atoms with E-state index in [0.29, 0.717) is 6.04 Å². The first kappa shape index (κ1) is 8.51. The van der Waals surface area contributed by atoms with Gasteiger partial charge in [-0.2, -0.15) is 0 Å². The van der Waals surface area contributed by atoms with E-state index in [2.05, 4.69) is 10.3 Å². The van der Waals surface area contributed by atoms with Crippen LogP contribution in [0.15, 0.2) is 18.3 Å². The molecule has 2 rings (SSSR count). The van der Waals surface area contributed by atoms with E-state index in [0.717, 1.165) is 18.7 Å². The Hall–Kier alpha value is -1.09. The van der Waals surface area contributed by atoms with Gasteiger partial charge < -0.3 is 10.4 Å². The summed E-state index contributed by atoms with van der Waals surface area (Å²) < 4.78 is 0. The van der Waals surface area contributed by atoms with Gasteiger partial charge in [-0.3, -0.25) is 0 Å².